The molecule has 0 aromatic rings. The number of hydrogen-bond acceptors (Lipinski definition) is 0. The second-order valence-corrected chi connectivity index (χ2v) is 2.81. The van der Waals surface area contributed by atoms with E-state index < -0.39 is 0 Å². The Bertz CT molecular complexity index is 114. The number of rotatable bonds is 5. The van der Waals surface area contributed by atoms with Crippen molar-refractivity contribution in [2.75, 3.05) is 5.88 Å². The van der Waals surface area contributed by atoms with E-state index in [0.717, 1.165) is 24.3 Å². The summed E-state index contributed by atoms with van der Waals surface area (Å²) in [5.41, 5.74) is 1.12. The minimum Gasteiger partial charge on any atom is -0.127 e. The number of unbranched alkanes of at least 4 members (excludes halogenated alkanes) is 2. The first-order chi connectivity index (χ1) is 4.77. The first-order valence-corrected chi connectivity index (χ1v) is 4.19. The highest BCUT2D eigenvalue weighted by atomic mass is 35.5. The van der Waals surface area contributed by atoms with Crippen molar-refractivity contribution in [2.45, 2.75) is 26.2 Å². The van der Waals surface area contributed by atoms with Crippen LogP contribution in [-0.2, 0) is 0 Å². The van der Waals surface area contributed by atoms with Crippen molar-refractivity contribution in [3.8, 4) is 0 Å². The molecule has 0 rings (SSSR count). The van der Waals surface area contributed by atoms with Gasteiger partial charge < -0.3 is 0 Å². The maximum atomic E-state index is 5.50. The lowest BCUT2D eigenvalue weighted by atomic mass is 10.2. The molecule has 0 amide bonds. The van der Waals surface area contributed by atoms with Crippen LogP contribution in [0.4, 0.5) is 0 Å². The van der Waals surface area contributed by atoms with E-state index in [4.69, 9.17) is 11.6 Å². The summed E-state index contributed by atoms with van der Waals surface area (Å²) < 4.78 is 0. The molecule has 0 aromatic carbocycles. The normalized spacial score (nSPS) is 10.6. The molecule has 1 heteroatoms. The first kappa shape index (κ1) is 9.77. The number of alkyl halides is 1. The molecular weight excluding hydrogens is 144 g/mol. The van der Waals surface area contributed by atoms with Crippen LogP contribution >= 0.6 is 11.6 Å². The van der Waals surface area contributed by atoms with Gasteiger partial charge in [0.1, 0.15) is 0 Å². The Balaban J connectivity index is 3.10. The van der Waals surface area contributed by atoms with Crippen LogP contribution in [0, 0.1) is 0 Å². The lowest BCUT2D eigenvalue weighted by Crippen LogP contribution is -1.73. The van der Waals surface area contributed by atoms with Crippen LogP contribution in [0.5, 0.6) is 0 Å². The van der Waals surface area contributed by atoms with Gasteiger partial charge in [-0.1, -0.05) is 24.3 Å². The Kier molecular flexibility index (Phi) is 6.73. The predicted octanol–water partition coefficient (Wildman–Crippen LogP) is 3.53. The van der Waals surface area contributed by atoms with Gasteiger partial charge in [-0.2, -0.15) is 0 Å². The molecule has 0 aromatic heterocycles. The van der Waals surface area contributed by atoms with E-state index >= 15 is 0 Å². The molecule has 0 heterocycles. The first-order valence-electron chi connectivity index (χ1n) is 3.65. The summed E-state index contributed by atoms with van der Waals surface area (Å²) >= 11 is 5.50. The van der Waals surface area contributed by atoms with Crippen molar-refractivity contribution in [1.82, 2.24) is 0 Å². The van der Waals surface area contributed by atoms with Crippen LogP contribution < -0.4 is 0 Å². The Hall–Kier alpha value is -0.230. The SMILES string of the molecule is C=C(C)C=CCCCCCl. The monoisotopic (exact) mass is 158 g/mol. The Morgan fingerprint density at radius 3 is 2.70 bits per heavy atom. The third-order valence-electron chi connectivity index (χ3n) is 1.16. The van der Waals surface area contributed by atoms with Gasteiger partial charge in [-0.05, 0) is 26.2 Å². The van der Waals surface area contributed by atoms with Crippen LogP contribution in [0.3, 0.4) is 0 Å². The average Bonchev–Trinajstić information content (AvgIpc) is 1.87. The van der Waals surface area contributed by atoms with E-state index in [9.17, 15) is 0 Å². The molecular formula is C9H15Cl. The zero-order chi connectivity index (χ0) is 7.82. The van der Waals surface area contributed by atoms with Gasteiger partial charge in [-0.3, -0.25) is 0 Å². The van der Waals surface area contributed by atoms with Crippen LogP contribution in [0.25, 0.3) is 0 Å². The fourth-order valence-electron chi connectivity index (χ4n) is 0.641. The number of allylic oxidation sites excluding steroid dienone is 3. The second kappa shape index (κ2) is 6.88. The molecule has 0 aliphatic heterocycles. The molecule has 0 aliphatic rings. The van der Waals surface area contributed by atoms with Crippen molar-refractivity contribution in [2.24, 2.45) is 0 Å². The van der Waals surface area contributed by atoms with E-state index in [2.05, 4.69) is 12.7 Å². The van der Waals surface area contributed by atoms with Gasteiger partial charge in [0.2, 0.25) is 0 Å². The molecule has 0 bridgehead atoms. The van der Waals surface area contributed by atoms with E-state index in [1.165, 1.54) is 6.42 Å². The largest absolute Gasteiger partial charge is 0.127 e. The highest BCUT2D eigenvalue weighted by Crippen LogP contribution is 1.99. The molecule has 0 radical (unpaired) electrons. The van der Waals surface area contributed by atoms with Crippen LogP contribution in [0.15, 0.2) is 24.3 Å². The quantitative estimate of drug-likeness (QED) is 0.326. The Labute approximate surface area is 68.6 Å². The van der Waals surface area contributed by atoms with E-state index in [1.54, 1.807) is 0 Å². The van der Waals surface area contributed by atoms with Crippen LogP contribution in [-0.4, -0.2) is 5.88 Å². The summed E-state index contributed by atoms with van der Waals surface area (Å²) in [6.07, 6.45) is 7.62. The second-order valence-electron chi connectivity index (χ2n) is 2.43. The predicted molar refractivity (Wildman–Crippen MR) is 48.5 cm³/mol. The van der Waals surface area contributed by atoms with Gasteiger partial charge in [0.05, 0.1) is 0 Å². The van der Waals surface area contributed by atoms with Crippen LogP contribution in [0.2, 0.25) is 0 Å². The maximum Gasteiger partial charge on any atom is 0.0223 e. The average molecular weight is 159 g/mol. The molecule has 0 atom stereocenters. The van der Waals surface area contributed by atoms with Crippen molar-refractivity contribution in [3.05, 3.63) is 24.3 Å². The fraction of sp³-hybridized carbons (Fsp3) is 0.556. The molecule has 58 valence electrons. The lowest BCUT2D eigenvalue weighted by Gasteiger charge is -1.90. The topological polar surface area (TPSA) is 0 Å². The van der Waals surface area contributed by atoms with Crippen molar-refractivity contribution < 1.29 is 0 Å². The van der Waals surface area contributed by atoms with Gasteiger partial charge in [0, 0.05) is 5.88 Å². The summed E-state index contributed by atoms with van der Waals surface area (Å²) in [5.74, 6) is 0.779. The molecule has 0 nitrogen and oxygen atoms in total. The minimum atomic E-state index is 0.779. The van der Waals surface area contributed by atoms with Gasteiger partial charge in [-0.25, -0.2) is 0 Å². The van der Waals surface area contributed by atoms with E-state index in [1.807, 2.05) is 13.0 Å². The van der Waals surface area contributed by atoms with Gasteiger partial charge in [0.25, 0.3) is 0 Å². The van der Waals surface area contributed by atoms with E-state index in [0.29, 0.717) is 0 Å². The zero-order valence-electron chi connectivity index (χ0n) is 6.57. The zero-order valence-corrected chi connectivity index (χ0v) is 7.32. The van der Waals surface area contributed by atoms with Gasteiger partial charge in [-0.15, -0.1) is 11.6 Å². The maximum absolute atomic E-state index is 5.50. The number of halogens is 1. The molecule has 0 N–H and O–H groups in total. The molecule has 0 saturated carbocycles. The summed E-state index contributed by atoms with van der Waals surface area (Å²) in [6.45, 7) is 5.76. The van der Waals surface area contributed by atoms with Crippen molar-refractivity contribution >= 4 is 11.6 Å². The van der Waals surface area contributed by atoms with Crippen LogP contribution in [0.1, 0.15) is 26.2 Å². The molecule has 0 saturated heterocycles. The lowest BCUT2D eigenvalue weighted by molar-refractivity contribution is 0.819. The molecule has 0 aliphatic carbocycles. The summed E-state index contributed by atoms with van der Waals surface area (Å²) in [4.78, 5) is 0. The molecule has 10 heavy (non-hydrogen) atoms. The summed E-state index contributed by atoms with van der Waals surface area (Å²) in [6, 6.07) is 0. The highest BCUT2D eigenvalue weighted by molar-refractivity contribution is 6.17. The smallest absolute Gasteiger partial charge is 0.0223 e. The van der Waals surface area contributed by atoms with Crippen molar-refractivity contribution in [3.63, 3.8) is 0 Å². The third-order valence-corrected chi connectivity index (χ3v) is 1.42. The minimum absolute atomic E-state index is 0.779. The molecule has 0 fully saturated rings. The standard InChI is InChI=1S/C9H15Cl/c1-9(2)7-5-3-4-6-8-10/h5,7H,1,3-4,6,8H2,2H3. The van der Waals surface area contributed by atoms with Crippen molar-refractivity contribution in [1.29, 1.82) is 0 Å². The summed E-state index contributed by atoms with van der Waals surface area (Å²) in [5, 5.41) is 0. The Morgan fingerprint density at radius 1 is 1.50 bits per heavy atom. The number of hydrogen-bond donors (Lipinski definition) is 0. The van der Waals surface area contributed by atoms with Gasteiger partial charge >= 0.3 is 0 Å². The Morgan fingerprint density at radius 2 is 2.20 bits per heavy atom. The third kappa shape index (κ3) is 7.77. The van der Waals surface area contributed by atoms with E-state index in [-0.39, 0.29) is 0 Å². The fourth-order valence-corrected chi connectivity index (χ4v) is 0.830. The summed E-state index contributed by atoms with van der Waals surface area (Å²) in [7, 11) is 0. The highest BCUT2D eigenvalue weighted by Gasteiger charge is 1.81. The molecule has 0 spiro atoms. The van der Waals surface area contributed by atoms with Gasteiger partial charge in [0.15, 0.2) is 0 Å². The molecule has 0 unspecified atom stereocenters.